The highest BCUT2D eigenvalue weighted by atomic mass is 16.2. The molecule has 24 heavy (non-hydrogen) atoms. The molecule has 0 aromatic carbocycles. The molecule has 0 spiro atoms. The summed E-state index contributed by atoms with van der Waals surface area (Å²) in [6.07, 6.45) is 5.34. The summed E-state index contributed by atoms with van der Waals surface area (Å²) in [5, 5.41) is 5.00. The molecule has 1 fully saturated rings. The third kappa shape index (κ3) is 5.19. The van der Waals surface area contributed by atoms with Gasteiger partial charge in [-0.1, -0.05) is 13.3 Å². The van der Waals surface area contributed by atoms with E-state index in [1.165, 1.54) is 29.9 Å². The van der Waals surface area contributed by atoms with Gasteiger partial charge in [0, 0.05) is 26.3 Å². The molecule has 1 aromatic heterocycles. The lowest BCUT2D eigenvalue weighted by Crippen LogP contribution is -2.41. The van der Waals surface area contributed by atoms with Crippen LogP contribution in [0.25, 0.3) is 0 Å². The number of rotatable bonds is 5. The molecule has 1 saturated heterocycles. The number of carbonyl (C=O) groups excluding carboxylic acids is 2. The van der Waals surface area contributed by atoms with E-state index in [4.69, 9.17) is 0 Å². The van der Waals surface area contributed by atoms with Crippen molar-refractivity contribution in [2.45, 2.75) is 26.2 Å². The molecule has 2 rings (SSSR count). The van der Waals surface area contributed by atoms with Gasteiger partial charge in [0.15, 0.2) is 0 Å². The molecule has 2 N–H and O–H groups in total. The SMILES string of the molecule is C[C@@H](CNC(=O)C(=O)Nc1cccn(C)c1=O)CN1CCCCC1. The highest BCUT2D eigenvalue weighted by Crippen LogP contribution is 2.10. The maximum atomic E-state index is 11.9. The van der Waals surface area contributed by atoms with Gasteiger partial charge in [-0.15, -0.1) is 0 Å². The van der Waals surface area contributed by atoms with Gasteiger partial charge in [0.25, 0.3) is 5.56 Å². The van der Waals surface area contributed by atoms with Crippen LogP contribution >= 0.6 is 0 Å². The molecule has 0 aliphatic carbocycles. The van der Waals surface area contributed by atoms with E-state index >= 15 is 0 Å². The average Bonchev–Trinajstić information content (AvgIpc) is 2.57. The Hall–Kier alpha value is -2.15. The Morgan fingerprint density at radius 2 is 1.92 bits per heavy atom. The van der Waals surface area contributed by atoms with Gasteiger partial charge in [0.2, 0.25) is 0 Å². The Balaban J connectivity index is 1.77. The predicted molar refractivity (Wildman–Crippen MR) is 92.8 cm³/mol. The van der Waals surface area contributed by atoms with Gasteiger partial charge in [-0.25, -0.2) is 0 Å². The summed E-state index contributed by atoms with van der Waals surface area (Å²) in [6, 6.07) is 3.11. The lowest BCUT2D eigenvalue weighted by atomic mass is 10.1. The van der Waals surface area contributed by atoms with E-state index in [0.717, 1.165) is 19.6 Å². The summed E-state index contributed by atoms with van der Waals surface area (Å²) in [5.74, 6) is -1.26. The number of hydrogen-bond donors (Lipinski definition) is 2. The number of likely N-dealkylation sites (tertiary alicyclic amines) is 1. The summed E-state index contributed by atoms with van der Waals surface area (Å²) in [7, 11) is 1.58. The summed E-state index contributed by atoms with van der Waals surface area (Å²) in [4.78, 5) is 38.0. The van der Waals surface area contributed by atoms with Gasteiger partial charge in [0.05, 0.1) is 0 Å². The summed E-state index contributed by atoms with van der Waals surface area (Å²) in [5.41, 5.74) is -0.251. The zero-order valence-electron chi connectivity index (χ0n) is 14.4. The van der Waals surface area contributed by atoms with Crippen molar-refractivity contribution in [2.24, 2.45) is 13.0 Å². The van der Waals surface area contributed by atoms with Gasteiger partial charge in [-0.3, -0.25) is 14.4 Å². The van der Waals surface area contributed by atoms with Crippen LogP contribution in [-0.4, -0.2) is 47.5 Å². The number of aryl methyl sites for hydroxylation is 1. The van der Waals surface area contributed by atoms with Crippen molar-refractivity contribution in [3.8, 4) is 0 Å². The Labute approximate surface area is 142 Å². The molecule has 1 aliphatic heterocycles. The number of nitrogens with zero attached hydrogens (tertiary/aromatic N) is 2. The number of anilines is 1. The number of hydrogen-bond acceptors (Lipinski definition) is 4. The first-order valence-electron chi connectivity index (χ1n) is 8.44. The van der Waals surface area contributed by atoms with E-state index in [0.29, 0.717) is 6.54 Å². The fraction of sp³-hybridized carbons (Fsp3) is 0.588. The Bertz CT molecular complexity index is 635. The monoisotopic (exact) mass is 334 g/mol. The number of aromatic nitrogens is 1. The Kier molecular flexibility index (Phi) is 6.54. The van der Waals surface area contributed by atoms with Crippen LogP contribution in [-0.2, 0) is 16.6 Å². The van der Waals surface area contributed by atoms with E-state index in [2.05, 4.69) is 22.5 Å². The molecule has 0 unspecified atom stereocenters. The second-order valence-electron chi connectivity index (χ2n) is 6.47. The zero-order valence-corrected chi connectivity index (χ0v) is 14.4. The standard InChI is InChI=1S/C17H26N4O3/c1-13(12-21-9-4-3-5-10-21)11-18-15(22)16(23)19-14-7-6-8-20(2)17(14)24/h6-8,13H,3-5,9-12H2,1-2H3,(H,18,22)(H,19,23)/t13-/m0/s1. The number of piperidine rings is 1. The Morgan fingerprint density at radius 3 is 2.62 bits per heavy atom. The second kappa shape index (κ2) is 8.63. The summed E-state index contributed by atoms with van der Waals surface area (Å²) >= 11 is 0. The van der Waals surface area contributed by atoms with Crippen LogP contribution in [0, 0.1) is 5.92 Å². The summed E-state index contributed by atoms with van der Waals surface area (Å²) in [6.45, 7) is 5.63. The van der Waals surface area contributed by atoms with Crippen LogP contribution < -0.4 is 16.2 Å². The molecular formula is C17H26N4O3. The van der Waals surface area contributed by atoms with Crippen molar-refractivity contribution in [1.29, 1.82) is 0 Å². The van der Waals surface area contributed by atoms with Gasteiger partial charge < -0.3 is 20.1 Å². The fourth-order valence-corrected chi connectivity index (χ4v) is 2.87. The summed E-state index contributed by atoms with van der Waals surface area (Å²) < 4.78 is 1.34. The van der Waals surface area contributed by atoms with E-state index in [1.807, 2.05) is 0 Å². The van der Waals surface area contributed by atoms with Crippen molar-refractivity contribution >= 4 is 17.5 Å². The normalized spacial score (nSPS) is 16.4. The predicted octanol–water partition coefficient (Wildman–Crippen LogP) is 0.562. The minimum absolute atomic E-state index is 0.0986. The first-order chi connectivity index (χ1) is 11.5. The smallest absolute Gasteiger partial charge is 0.313 e. The molecule has 7 heteroatoms. The Morgan fingerprint density at radius 1 is 1.21 bits per heavy atom. The van der Waals surface area contributed by atoms with Gasteiger partial charge in [-0.05, 0) is 44.0 Å². The van der Waals surface area contributed by atoms with E-state index in [-0.39, 0.29) is 17.2 Å². The number of amides is 2. The topological polar surface area (TPSA) is 83.4 Å². The maximum absolute atomic E-state index is 11.9. The molecular weight excluding hydrogens is 308 g/mol. The van der Waals surface area contributed by atoms with Crippen LogP contribution in [0.1, 0.15) is 26.2 Å². The lowest BCUT2D eigenvalue weighted by molar-refractivity contribution is -0.136. The van der Waals surface area contributed by atoms with Crippen LogP contribution in [0.15, 0.2) is 23.1 Å². The van der Waals surface area contributed by atoms with E-state index < -0.39 is 11.8 Å². The number of carbonyl (C=O) groups is 2. The van der Waals surface area contributed by atoms with Crippen molar-refractivity contribution in [3.05, 3.63) is 28.7 Å². The molecule has 1 aromatic rings. The highest BCUT2D eigenvalue weighted by molar-refractivity contribution is 6.39. The maximum Gasteiger partial charge on any atom is 0.313 e. The van der Waals surface area contributed by atoms with Crippen molar-refractivity contribution in [3.63, 3.8) is 0 Å². The van der Waals surface area contributed by atoms with Crippen LogP contribution in [0.2, 0.25) is 0 Å². The third-order valence-corrected chi connectivity index (χ3v) is 4.21. The van der Waals surface area contributed by atoms with Gasteiger partial charge in [-0.2, -0.15) is 0 Å². The second-order valence-corrected chi connectivity index (χ2v) is 6.47. The van der Waals surface area contributed by atoms with E-state index in [9.17, 15) is 14.4 Å². The molecule has 132 valence electrons. The number of nitrogens with one attached hydrogen (secondary N) is 2. The van der Waals surface area contributed by atoms with Crippen LogP contribution in [0.3, 0.4) is 0 Å². The van der Waals surface area contributed by atoms with Crippen molar-refractivity contribution in [2.75, 3.05) is 31.5 Å². The molecule has 7 nitrogen and oxygen atoms in total. The average molecular weight is 334 g/mol. The van der Waals surface area contributed by atoms with Crippen molar-refractivity contribution in [1.82, 2.24) is 14.8 Å². The molecule has 1 aliphatic rings. The first kappa shape index (κ1) is 18.2. The number of pyridine rings is 1. The van der Waals surface area contributed by atoms with Crippen LogP contribution in [0.5, 0.6) is 0 Å². The van der Waals surface area contributed by atoms with Crippen molar-refractivity contribution < 1.29 is 9.59 Å². The molecule has 0 saturated carbocycles. The fourth-order valence-electron chi connectivity index (χ4n) is 2.87. The minimum atomic E-state index is -0.816. The van der Waals surface area contributed by atoms with E-state index in [1.54, 1.807) is 19.3 Å². The van der Waals surface area contributed by atoms with Gasteiger partial charge in [0.1, 0.15) is 5.69 Å². The van der Waals surface area contributed by atoms with Crippen LogP contribution in [0.4, 0.5) is 5.69 Å². The third-order valence-electron chi connectivity index (χ3n) is 4.21. The molecule has 2 amide bonds. The molecule has 1 atom stereocenters. The minimum Gasteiger partial charge on any atom is -0.348 e. The molecule has 0 bridgehead atoms. The molecule has 2 heterocycles. The quantitative estimate of drug-likeness (QED) is 0.771. The van der Waals surface area contributed by atoms with Gasteiger partial charge >= 0.3 is 11.8 Å². The largest absolute Gasteiger partial charge is 0.348 e. The highest BCUT2D eigenvalue weighted by Gasteiger charge is 2.18. The molecule has 0 radical (unpaired) electrons. The first-order valence-corrected chi connectivity index (χ1v) is 8.44. The lowest BCUT2D eigenvalue weighted by Gasteiger charge is -2.29. The zero-order chi connectivity index (χ0) is 17.5.